The quantitative estimate of drug-likeness (QED) is 0.697. The van der Waals surface area contributed by atoms with E-state index in [1.54, 1.807) is 19.4 Å². The monoisotopic (exact) mass is 387 g/mol. The van der Waals surface area contributed by atoms with Crippen molar-refractivity contribution in [2.24, 2.45) is 0 Å². The second-order valence-electron chi connectivity index (χ2n) is 5.86. The molecule has 0 spiro atoms. The van der Waals surface area contributed by atoms with Crippen LogP contribution in [0.5, 0.6) is 5.88 Å². The summed E-state index contributed by atoms with van der Waals surface area (Å²) in [6.45, 7) is 1.27. The van der Waals surface area contributed by atoms with Gasteiger partial charge in [-0.1, -0.05) is 18.2 Å². The molecule has 8 heteroatoms. The molecule has 1 aromatic carbocycles. The molecule has 0 fully saturated rings. The van der Waals surface area contributed by atoms with E-state index in [4.69, 9.17) is 9.47 Å². The number of rotatable bonds is 8. The lowest BCUT2D eigenvalue weighted by atomic mass is 10.2. The third-order valence-corrected chi connectivity index (χ3v) is 4.98. The average Bonchev–Trinajstić information content (AvgIpc) is 2.70. The smallest absolute Gasteiger partial charge is 0.240 e. The van der Waals surface area contributed by atoms with Crippen molar-refractivity contribution in [1.29, 1.82) is 0 Å². The highest BCUT2D eigenvalue weighted by atomic mass is 32.2. The predicted octanol–water partition coefficient (Wildman–Crippen LogP) is 1.86. The van der Waals surface area contributed by atoms with E-state index in [0.29, 0.717) is 31.4 Å². The lowest BCUT2D eigenvalue weighted by Gasteiger charge is -2.28. The molecule has 7 nitrogen and oxygen atoms in total. The van der Waals surface area contributed by atoms with E-state index in [0.717, 1.165) is 16.1 Å². The summed E-state index contributed by atoms with van der Waals surface area (Å²) in [6.07, 6.45) is 1.65. The van der Waals surface area contributed by atoms with E-state index in [1.807, 2.05) is 30.3 Å². The maximum Gasteiger partial charge on any atom is 0.240 e. The lowest BCUT2D eigenvalue weighted by Crippen LogP contribution is -2.43. The van der Waals surface area contributed by atoms with Crippen LogP contribution < -0.4 is 15.0 Å². The molecular formula is C19H21N3O4S. The maximum atomic E-state index is 12.3. The van der Waals surface area contributed by atoms with E-state index >= 15 is 0 Å². The molecule has 0 bridgehead atoms. The lowest BCUT2D eigenvalue weighted by molar-refractivity contribution is -0.123. The summed E-state index contributed by atoms with van der Waals surface area (Å²) in [6, 6.07) is 11.2. The normalized spacial score (nSPS) is 13.2. The van der Waals surface area contributed by atoms with Gasteiger partial charge in [-0.2, -0.15) is 0 Å². The first-order valence-electron chi connectivity index (χ1n) is 8.53. The predicted molar refractivity (Wildman–Crippen MR) is 103 cm³/mol. The number of carbonyl (C=O) groups excluding carboxylic acids is 2. The van der Waals surface area contributed by atoms with Crippen molar-refractivity contribution in [3.05, 3.63) is 48.2 Å². The van der Waals surface area contributed by atoms with E-state index in [-0.39, 0.29) is 18.4 Å². The van der Waals surface area contributed by atoms with Crippen LogP contribution in [-0.4, -0.2) is 49.4 Å². The Labute approximate surface area is 162 Å². The van der Waals surface area contributed by atoms with Gasteiger partial charge < -0.3 is 19.7 Å². The number of hydrogen-bond donors (Lipinski definition) is 1. The van der Waals surface area contributed by atoms with Crippen LogP contribution >= 0.6 is 11.8 Å². The molecule has 27 heavy (non-hydrogen) atoms. The van der Waals surface area contributed by atoms with Crippen LogP contribution in [0.4, 0.5) is 5.69 Å². The third kappa shape index (κ3) is 5.21. The van der Waals surface area contributed by atoms with Gasteiger partial charge in [-0.25, -0.2) is 4.98 Å². The minimum Gasteiger partial charge on any atom is -0.475 e. The van der Waals surface area contributed by atoms with Crippen molar-refractivity contribution in [3.63, 3.8) is 0 Å². The topological polar surface area (TPSA) is 80.8 Å². The number of hydrogen-bond acceptors (Lipinski definition) is 6. The largest absolute Gasteiger partial charge is 0.475 e. The number of methoxy groups -OCH3 is 1. The number of amides is 2. The number of thioether (sulfide) groups is 1. The molecule has 0 saturated carbocycles. The van der Waals surface area contributed by atoms with Gasteiger partial charge in [0.1, 0.15) is 13.2 Å². The molecule has 0 radical (unpaired) electrons. The van der Waals surface area contributed by atoms with Crippen LogP contribution in [-0.2, 0) is 20.9 Å². The Bertz CT molecular complexity index is 798. The van der Waals surface area contributed by atoms with Crippen LogP contribution in [0.1, 0.15) is 5.56 Å². The highest BCUT2D eigenvalue weighted by Gasteiger charge is 2.26. The first-order chi connectivity index (χ1) is 13.2. The van der Waals surface area contributed by atoms with Crippen LogP contribution in [0.2, 0.25) is 0 Å². The Morgan fingerprint density at radius 2 is 2.11 bits per heavy atom. The van der Waals surface area contributed by atoms with E-state index in [1.165, 1.54) is 16.7 Å². The minimum absolute atomic E-state index is 0.00203. The van der Waals surface area contributed by atoms with Crippen molar-refractivity contribution in [2.45, 2.75) is 11.4 Å². The molecule has 1 aromatic heterocycles. The maximum absolute atomic E-state index is 12.3. The number of nitrogens with one attached hydrogen (secondary N) is 1. The second-order valence-corrected chi connectivity index (χ2v) is 6.88. The number of ether oxygens (including phenoxy) is 2. The fourth-order valence-electron chi connectivity index (χ4n) is 2.56. The number of pyridine rings is 1. The zero-order valence-corrected chi connectivity index (χ0v) is 15.8. The van der Waals surface area contributed by atoms with Crippen molar-refractivity contribution >= 4 is 29.3 Å². The molecule has 1 N–H and O–H groups in total. The molecule has 2 amide bonds. The summed E-state index contributed by atoms with van der Waals surface area (Å²) in [5, 5.41) is 2.83. The molecule has 0 aliphatic carbocycles. The van der Waals surface area contributed by atoms with Gasteiger partial charge in [0.2, 0.25) is 17.7 Å². The number of para-hydroxylation sites is 1. The van der Waals surface area contributed by atoms with Crippen molar-refractivity contribution in [3.8, 4) is 5.88 Å². The Morgan fingerprint density at radius 3 is 2.89 bits per heavy atom. The summed E-state index contributed by atoms with van der Waals surface area (Å²) < 4.78 is 10.3. The Hall–Kier alpha value is -2.58. The molecule has 0 atom stereocenters. The summed E-state index contributed by atoms with van der Waals surface area (Å²) in [5.74, 6) is 0.576. The van der Waals surface area contributed by atoms with Gasteiger partial charge in [-0.05, 0) is 17.7 Å². The number of carbonyl (C=O) groups is 2. The standard InChI is InChI=1S/C19H21N3O4S/c1-25-8-9-26-18-7-6-14(11-21-18)10-20-17(23)12-22-15-4-2-3-5-16(15)27-13-19(22)24/h2-7,11H,8-10,12-13H2,1H3,(H,20,23). The van der Waals surface area contributed by atoms with Crippen LogP contribution in [0.15, 0.2) is 47.5 Å². The first kappa shape index (κ1) is 19.2. The number of fused-ring (bicyclic) bond motifs is 1. The SMILES string of the molecule is COCCOc1ccc(CNC(=O)CN2C(=O)CSc3ccccc32)cn1. The van der Waals surface area contributed by atoms with Crippen LogP contribution in [0.3, 0.4) is 0 Å². The Morgan fingerprint density at radius 1 is 1.26 bits per heavy atom. The van der Waals surface area contributed by atoms with Gasteiger partial charge in [-0.15, -0.1) is 11.8 Å². The highest BCUT2D eigenvalue weighted by molar-refractivity contribution is 8.00. The number of anilines is 1. The highest BCUT2D eigenvalue weighted by Crippen LogP contribution is 2.34. The van der Waals surface area contributed by atoms with Gasteiger partial charge in [-0.3, -0.25) is 9.59 Å². The third-order valence-electron chi connectivity index (χ3n) is 3.93. The van der Waals surface area contributed by atoms with Crippen molar-refractivity contribution in [1.82, 2.24) is 10.3 Å². The molecular weight excluding hydrogens is 366 g/mol. The molecule has 1 aliphatic rings. The Balaban J connectivity index is 1.52. The molecule has 0 saturated heterocycles. The van der Waals surface area contributed by atoms with Gasteiger partial charge >= 0.3 is 0 Å². The summed E-state index contributed by atoms with van der Waals surface area (Å²) in [5.41, 5.74) is 1.64. The van der Waals surface area contributed by atoms with Gasteiger partial charge in [0.25, 0.3) is 0 Å². The second kappa shape index (κ2) is 9.38. The molecule has 1 aliphatic heterocycles. The van der Waals surface area contributed by atoms with Gasteiger partial charge in [0, 0.05) is 30.8 Å². The number of nitrogens with zero attached hydrogens (tertiary/aromatic N) is 2. The molecule has 3 rings (SSSR count). The summed E-state index contributed by atoms with van der Waals surface area (Å²) in [7, 11) is 1.61. The van der Waals surface area contributed by atoms with Crippen molar-refractivity contribution < 1.29 is 19.1 Å². The van der Waals surface area contributed by atoms with Crippen molar-refractivity contribution in [2.75, 3.05) is 37.5 Å². The fourth-order valence-corrected chi connectivity index (χ4v) is 3.49. The number of aromatic nitrogens is 1. The van der Waals surface area contributed by atoms with Gasteiger partial charge in [0.05, 0.1) is 18.0 Å². The zero-order valence-electron chi connectivity index (χ0n) is 15.0. The Kier molecular flexibility index (Phi) is 6.67. The van der Waals surface area contributed by atoms with E-state index in [2.05, 4.69) is 10.3 Å². The minimum atomic E-state index is -0.217. The molecule has 2 heterocycles. The van der Waals surface area contributed by atoms with E-state index < -0.39 is 0 Å². The zero-order chi connectivity index (χ0) is 19.1. The summed E-state index contributed by atoms with van der Waals surface area (Å²) >= 11 is 1.50. The van der Waals surface area contributed by atoms with Gasteiger partial charge in [0.15, 0.2) is 0 Å². The molecule has 2 aromatic rings. The van der Waals surface area contributed by atoms with E-state index in [9.17, 15) is 9.59 Å². The van der Waals surface area contributed by atoms with Crippen LogP contribution in [0, 0.1) is 0 Å². The summed E-state index contributed by atoms with van der Waals surface area (Å²) in [4.78, 5) is 31.3. The molecule has 142 valence electrons. The molecule has 0 unspecified atom stereocenters. The number of benzene rings is 1. The van der Waals surface area contributed by atoms with Crippen LogP contribution in [0.25, 0.3) is 0 Å². The first-order valence-corrected chi connectivity index (χ1v) is 9.51. The average molecular weight is 387 g/mol. The fraction of sp³-hybridized carbons (Fsp3) is 0.316.